The number of aromatic hydroxyl groups is 1. The van der Waals surface area contributed by atoms with Crippen LogP contribution in [-0.2, 0) is 6.54 Å². The Morgan fingerprint density at radius 1 is 1.32 bits per heavy atom. The quantitative estimate of drug-likeness (QED) is 0.780. The summed E-state index contributed by atoms with van der Waals surface area (Å²) in [4.78, 5) is 15.7. The number of nitrogens with one attached hydrogen (secondary N) is 1. The minimum atomic E-state index is -0.696. The third kappa shape index (κ3) is 4.16. The first kappa shape index (κ1) is 17.0. The van der Waals surface area contributed by atoms with Crippen molar-refractivity contribution >= 4 is 28.5 Å². The number of hydrogen-bond donors (Lipinski definition) is 3. The minimum absolute atomic E-state index is 0.0565. The predicted octanol–water partition coefficient (Wildman–Crippen LogP) is 2.23. The van der Waals surface area contributed by atoms with E-state index >= 15 is 0 Å². The highest BCUT2D eigenvalue weighted by molar-refractivity contribution is 8.14. The number of aliphatic imine (C=N–C) groups is 1. The fourth-order valence-corrected chi connectivity index (χ4v) is 2.98. The second-order valence-electron chi connectivity index (χ2n) is 5.30. The summed E-state index contributed by atoms with van der Waals surface area (Å²) in [7, 11) is 0. The van der Waals surface area contributed by atoms with E-state index in [1.807, 2.05) is 0 Å². The third-order valence-electron chi connectivity index (χ3n) is 3.55. The Bertz CT molecular complexity index is 865. The molecule has 2 aromatic carbocycles. The molecule has 25 heavy (non-hydrogen) atoms. The highest BCUT2D eigenvalue weighted by Gasteiger charge is 2.16. The van der Waals surface area contributed by atoms with E-state index in [1.54, 1.807) is 18.2 Å². The molecular formula is C17H15FN4O2S. The molecule has 128 valence electrons. The Balaban J connectivity index is 1.70. The molecule has 8 heteroatoms. The summed E-state index contributed by atoms with van der Waals surface area (Å²) in [6.45, 7) is 0.422. The molecule has 0 atom stereocenters. The molecule has 1 amide bonds. The summed E-state index contributed by atoms with van der Waals surface area (Å²) in [6.07, 6.45) is 0. The van der Waals surface area contributed by atoms with Crippen LogP contribution in [0.5, 0.6) is 5.75 Å². The SMILES string of the molecule is NC(=O)c1cc(C2=NNC(=NCc3ccc(F)cc3)SC2)ccc1O. The molecule has 0 aromatic heterocycles. The molecule has 0 radical (unpaired) electrons. The van der Waals surface area contributed by atoms with Crippen molar-refractivity contribution in [2.24, 2.45) is 15.8 Å². The lowest BCUT2D eigenvalue weighted by molar-refractivity contribution is 0.0997. The van der Waals surface area contributed by atoms with Gasteiger partial charge < -0.3 is 10.8 Å². The van der Waals surface area contributed by atoms with Gasteiger partial charge in [0.2, 0.25) is 0 Å². The van der Waals surface area contributed by atoms with Crippen LogP contribution in [0.1, 0.15) is 21.5 Å². The van der Waals surface area contributed by atoms with Gasteiger partial charge in [0.05, 0.1) is 17.8 Å². The van der Waals surface area contributed by atoms with E-state index in [0.29, 0.717) is 28.7 Å². The van der Waals surface area contributed by atoms with Gasteiger partial charge in [0.15, 0.2) is 5.17 Å². The highest BCUT2D eigenvalue weighted by Crippen LogP contribution is 2.21. The zero-order valence-corrected chi connectivity index (χ0v) is 13.9. The van der Waals surface area contributed by atoms with Crippen LogP contribution in [0.4, 0.5) is 4.39 Å². The van der Waals surface area contributed by atoms with Crippen molar-refractivity contribution in [1.82, 2.24) is 5.43 Å². The number of amidine groups is 1. The molecule has 4 N–H and O–H groups in total. The second kappa shape index (κ2) is 7.35. The third-order valence-corrected chi connectivity index (χ3v) is 4.46. The van der Waals surface area contributed by atoms with E-state index in [4.69, 9.17) is 5.73 Å². The Hall–Kier alpha value is -2.87. The monoisotopic (exact) mass is 358 g/mol. The molecule has 0 aliphatic carbocycles. The molecule has 2 aromatic rings. The Kier molecular flexibility index (Phi) is 4.99. The smallest absolute Gasteiger partial charge is 0.252 e. The molecule has 0 saturated heterocycles. The normalized spacial score (nSPS) is 15.6. The van der Waals surface area contributed by atoms with Gasteiger partial charge in [-0.1, -0.05) is 23.9 Å². The van der Waals surface area contributed by atoms with Crippen molar-refractivity contribution in [3.63, 3.8) is 0 Å². The van der Waals surface area contributed by atoms with E-state index in [9.17, 15) is 14.3 Å². The van der Waals surface area contributed by atoms with E-state index < -0.39 is 5.91 Å². The first-order valence-electron chi connectivity index (χ1n) is 7.40. The Morgan fingerprint density at radius 2 is 2.08 bits per heavy atom. The number of nitrogens with zero attached hydrogens (tertiary/aromatic N) is 2. The van der Waals surface area contributed by atoms with Crippen LogP contribution in [0.25, 0.3) is 0 Å². The van der Waals surface area contributed by atoms with Gasteiger partial charge in [0.25, 0.3) is 5.91 Å². The number of thioether (sulfide) groups is 1. The topological polar surface area (TPSA) is 100 Å². The molecule has 3 rings (SSSR count). The molecule has 1 heterocycles. The molecular weight excluding hydrogens is 343 g/mol. The highest BCUT2D eigenvalue weighted by atomic mass is 32.2. The second-order valence-corrected chi connectivity index (χ2v) is 6.27. The maximum Gasteiger partial charge on any atom is 0.252 e. The maximum absolute atomic E-state index is 12.9. The number of phenols is 1. The Morgan fingerprint density at radius 3 is 2.72 bits per heavy atom. The zero-order valence-electron chi connectivity index (χ0n) is 13.1. The zero-order chi connectivity index (χ0) is 17.8. The summed E-state index contributed by atoms with van der Waals surface area (Å²) in [6, 6.07) is 10.8. The van der Waals surface area contributed by atoms with Crippen LogP contribution in [0, 0.1) is 5.82 Å². The molecule has 0 bridgehead atoms. The largest absolute Gasteiger partial charge is 0.507 e. The van der Waals surface area contributed by atoms with Gasteiger partial charge in [0.1, 0.15) is 11.6 Å². The lowest BCUT2D eigenvalue weighted by Crippen LogP contribution is -2.25. The standard InChI is InChI=1S/C17H15FN4O2S/c18-12-4-1-10(2-5-12)8-20-17-22-21-14(9-25-17)11-3-6-15(23)13(7-11)16(19)24/h1-7,23H,8-9H2,(H2,19,24)(H,20,22). The van der Waals surface area contributed by atoms with Gasteiger partial charge in [-0.05, 0) is 41.5 Å². The molecule has 0 unspecified atom stereocenters. The van der Waals surface area contributed by atoms with Crippen LogP contribution in [0.15, 0.2) is 52.6 Å². The fourth-order valence-electron chi connectivity index (χ4n) is 2.21. The summed E-state index contributed by atoms with van der Waals surface area (Å²) < 4.78 is 12.9. The molecule has 6 nitrogen and oxygen atoms in total. The number of hydrogen-bond acceptors (Lipinski definition) is 5. The first-order chi connectivity index (χ1) is 12.0. The van der Waals surface area contributed by atoms with Crippen LogP contribution >= 0.6 is 11.8 Å². The van der Waals surface area contributed by atoms with Crippen molar-refractivity contribution < 1.29 is 14.3 Å². The predicted molar refractivity (Wildman–Crippen MR) is 96.3 cm³/mol. The minimum Gasteiger partial charge on any atom is -0.507 e. The van der Waals surface area contributed by atoms with Crippen LogP contribution in [0.3, 0.4) is 0 Å². The molecule has 1 aliphatic rings. The van der Waals surface area contributed by atoms with Gasteiger partial charge in [-0.15, -0.1) is 0 Å². The first-order valence-corrected chi connectivity index (χ1v) is 8.39. The number of benzene rings is 2. The van der Waals surface area contributed by atoms with Crippen molar-refractivity contribution in [2.45, 2.75) is 6.54 Å². The number of rotatable bonds is 4. The maximum atomic E-state index is 12.9. The molecule has 0 fully saturated rings. The van der Waals surface area contributed by atoms with Crippen LogP contribution in [0.2, 0.25) is 0 Å². The number of carbonyl (C=O) groups excluding carboxylic acids is 1. The van der Waals surface area contributed by atoms with Crippen molar-refractivity contribution in [2.75, 3.05) is 5.75 Å². The lowest BCUT2D eigenvalue weighted by atomic mass is 10.1. The van der Waals surface area contributed by atoms with Gasteiger partial charge in [0, 0.05) is 5.75 Å². The van der Waals surface area contributed by atoms with Gasteiger partial charge >= 0.3 is 0 Å². The van der Waals surface area contributed by atoms with E-state index in [0.717, 1.165) is 5.56 Å². The lowest BCUT2D eigenvalue weighted by Gasteiger charge is -2.15. The van der Waals surface area contributed by atoms with Crippen molar-refractivity contribution in [3.05, 3.63) is 65.0 Å². The summed E-state index contributed by atoms with van der Waals surface area (Å²) in [5.41, 5.74) is 10.5. The molecule has 0 spiro atoms. The average Bonchev–Trinajstić information content (AvgIpc) is 2.62. The number of carbonyl (C=O) groups is 1. The van der Waals surface area contributed by atoms with Crippen LogP contribution < -0.4 is 11.2 Å². The number of hydrazone groups is 1. The summed E-state index contributed by atoms with van der Waals surface area (Å²) in [5.74, 6) is -0.578. The van der Waals surface area contributed by atoms with Gasteiger partial charge in [-0.2, -0.15) is 5.10 Å². The van der Waals surface area contributed by atoms with E-state index in [-0.39, 0.29) is 17.1 Å². The number of amides is 1. The molecule has 0 saturated carbocycles. The fraction of sp³-hybridized carbons (Fsp3) is 0.118. The number of halogens is 1. The van der Waals surface area contributed by atoms with E-state index in [1.165, 1.54) is 36.0 Å². The summed E-state index contributed by atoms with van der Waals surface area (Å²) in [5, 5.41) is 14.6. The number of primary amides is 1. The molecule has 1 aliphatic heterocycles. The number of nitrogens with two attached hydrogens (primary N) is 1. The summed E-state index contributed by atoms with van der Waals surface area (Å²) >= 11 is 1.46. The van der Waals surface area contributed by atoms with Crippen LogP contribution in [-0.4, -0.2) is 27.6 Å². The van der Waals surface area contributed by atoms with Gasteiger partial charge in [-0.25, -0.2) is 4.39 Å². The average molecular weight is 358 g/mol. The van der Waals surface area contributed by atoms with E-state index in [2.05, 4.69) is 15.5 Å². The van der Waals surface area contributed by atoms with Crippen molar-refractivity contribution in [1.29, 1.82) is 0 Å². The Labute approximate surface area is 147 Å². The van der Waals surface area contributed by atoms with Gasteiger partial charge in [-0.3, -0.25) is 15.2 Å². The van der Waals surface area contributed by atoms with Crippen molar-refractivity contribution in [3.8, 4) is 5.75 Å².